The second kappa shape index (κ2) is 11.4. The van der Waals surface area contributed by atoms with Crippen molar-refractivity contribution >= 4 is 10.1 Å². The fourth-order valence-corrected chi connectivity index (χ4v) is 3.66. The molecule has 134 valence electrons. The van der Waals surface area contributed by atoms with Gasteiger partial charge in [-0.3, -0.25) is 9.87 Å². The molecule has 0 aromatic rings. The van der Waals surface area contributed by atoms with Crippen LogP contribution >= 0.6 is 0 Å². The van der Waals surface area contributed by atoms with Crippen molar-refractivity contribution in [3.8, 4) is 0 Å². The highest BCUT2D eigenvalue weighted by Crippen LogP contribution is 2.18. The molecule has 2 N–H and O–H groups in total. The van der Waals surface area contributed by atoms with E-state index >= 15 is 0 Å². The zero-order valence-corrected chi connectivity index (χ0v) is 15.8. The van der Waals surface area contributed by atoms with Gasteiger partial charge in [0.15, 0.2) is 0 Å². The Bertz CT molecular complexity index is 366. The predicted molar refractivity (Wildman–Crippen MR) is 94.7 cm³/mol. The largest absolute Gasteiger partial charge is 0.294 e. The summed E-state index contributed by atoms with van der Waals surface area (Å²) in [7, 11) is -4.01. The molecule has 0 spiro atoms. The van der Waals surface area contributed by atoms with Crippen LogP contribution in [0.4, 0.5) is 0 Å². The van der Waals surface area contributed by atoms with Gasteiger partial charge in [-0.2, -0.15) is 8.42 Å². The summed E-state index contributed by atoms with van der Waals surface area (Å²) in [6.45, 7) is 8.01. The number of rotatable bonds is 14. The topological polar surface area (TPSA) is 66.4 Å². The molecule has 1 atom stereocenters. The SMILES string of the molecule is CCCCCCCCCCCC(C)(C)NC(CC)S(=O)(=O)O. The van der Waals surface area contributed by atoms with Gasteiger partial charge in [0.2, 0.25) is 0 Å². The van der Waals surface area contributed by atoms with E-state index in [1.54, 1.807) is 6.92 Å². The maximum Gasteiger partial charge on any atom is 0.281 e. The fourth-order valence-electron chi connectivity index (χ4n) is 2.77. The number of hydrogen-bond acceptors (Lipinski definition) is 3. The summed E-state index contributed by atoms with van der Waals surface area (Å²) in [5.74, 6) is 0. The third-order valence-electron chi connectivity index (χ3n) is 4.19. The van der Waals surface area contributed by atoms with Crippen molar-refractivity contribution in [3.05, 3.63) is 0 Å². The average Bonchev–Trinajstić information content (AvgIpc) is 2.42. The molecule has 0 saturated carbocycles. The molecule has 0 radical (unpaired) electrons. The van der Waals surface area contributed by atoms with Gasteiger partial charge in [0.05, 0.1) is 0 Å². The van der Waals surface area contributed by atoms with Crippen LogP contribution in [0, 0.1) is 0 Å². The first-order valence-corrected chi connectivity index (χ1v) is 10.5. The second-order valence-electron chi connectivity index (χ2n) is 7.02. The molecule has 5 heteroatoms. The molecular weight excluding hydrogens is 298 g/mol. The Labute approximate surface area is 138 Å². The Hall–Kier alpha value is -0.130. The summed E-state index contributed by atoms with van der Waals surface area (Å²) >= 11 is 0. The van der Waals surface area contributed by atoms with Crippen LogP contribution in [0.1, 0.15) is 98.3 Å². The summed E-state index contributed by atoms with van der Waals surface area (Å²) in [5.41, 5.74) is -0.266. The minimum absolute atomic E-state index is 0.266. The van der Waals surface area contributed by atoms with E-state index in [0.29, 0.717) is 6.42 Å². The van der Waals surface area contributed by atoms with Crippen molar-refractivity contribution in [3.63, 3.8) is 0 Å². The molecule has 0 heterocycles. The molecular formula is C17H37NO3S. The van der Waals surface area contributed by atoms with E-state index in [9.17, 15) is 13.0 Å². The van der Waals surface area contributed by atoms with Gasteiger partial charge in [-0.15, -0.1) is 0 Å². The lowest BCUT2D eigenvalue weighted by molar-refractivity contribution is 0.319. The smallest absolute Gasteiger partial charge is 0.281 e. The van der Waals surface area contributed by atoms with Crippen molar-refractivity contribution in [1.29, 1.82) is 0 Å². The number of hydrogen-bond donors (Lipinski definition) is 2. The minimum atomic E-state index is -4.01. The molecule has 0 aromatic heterocycles. The Morgan fingerprint density at radius 1 is 0.909 bits per heavy atom. The normalized spacial score (nSPS) is 14.2. The lowest BCUT2D eigenvalue weighted by Gasteiger charge is -2.30. The fraction of sp³-hybridized carbons (Fsp3) is 1.00. The highest BCUT2D eigenvalue weighted by atomic mass is 32.2. The highest BCUT2D eigenvalue weighted by molar-refractivity contribution is 7.86. The van der Waals surface area contributed by atoms with Crippen molar-refractivity contribution in [1.82, 2.24) is 5.32 Å². The number of unbranched alkanes of at least 4 members (excludes halogenated alkanes) is 8. The molecule has 0 saturated heterocycles. The van der Waals surface area contributed by atoms with Gasteiger partial charge in [0.25, 0.3) is 10.1 Å². The third kappa shape index (κ3) is 11.4. The lowest BCUT2D eigenvalue weighted by atomic mass is 9.95. The average molecular weight is 336 g/mol. The van der Waals surface area contributed by atoms with E-state index in [2.05, 4.69) is 12.2 Å². The van der Waals surface area contributed by atoms with E-state index in [-0.39, 0.29) is 5.54 Å². The Morgan fingerprint density at radius 3 is 1.77 bits per heavy atom. The monoisotopic (exact) mass is 335 g/mol. The van der Waals surface area contributed by atoms with Gasteiger partial charge in [-0.05, 0) is 26.7 Å². The van der Waals surface area contributed by atoms with Gasteiger partial charge < -0.3 is 0 Å². The van der Waals surface area contributed by atoms with Crippen LogP contribution in [-0.4, -0.2) is 23.9 Å². The molecule has 0 aliphatic heterocycles. The maximum atomic E-state index is 11.3. The van der Waals surface area contributed by atoms with Gasteiger partial charge in [0.1, 0.15) is 5.37 Å². The number of nitrogens with one attached hydrogen (secondary N) is 1. The van der Waals surface area contributed by atoms with Crippen molar-refractivity contribution in [2.24, 2.45) is 0 Å². The van der Waals surface area contributed by atoms with Crippen LogP contribution in [0.2, 0.25) is 0 Å². The first-order chi connectivity index (χ1) is 10.2. The van der Waals surface area contributed by atoms with Gasteiger partial charge in [0, 0.05) is 5.54 Å². The van der Waals surface area contributed by atoms with E-state index in [1.807, 2.05) is 13.8 Å². The molecule has 0 bridgehead atoms. The quantitative estimate of drug-likeness (QED) is 0.350. The lowest BCUT2D eigenvalue weighted by Crippen LogP contribution is -2.49. The molecule has 0 amide bonds. The Kier molecular flexibility index (Phi) is 11.3. The predicted octanol–water partition coefficient (Wildman–Crippen LogP) is 4.90. The van der Waals surface area contributed by atoms with Gasteiger partial charge in [-0.25, -0.2) is 0 Å². The van der Waals surface area contributed by atoms with Crippen LogP contribution in [0.25, 0.3) is 0 Å². The van der Waals surface area contributed by atoms with Crippen molar-refractivity contribution < 1.29 is 13.0 Å². The maximum absolute atomic E-state index is 11.3. The molecule has 0 fully saturated rings. The molecule has 0 aromatic carbocycles. The summed E-state index contributed by atoms with van der Waals surface area (Å²) in [4.78, 5) is 0. The van der Waals surface area contributed by atoms with Gasteiger partial charge in [-0.1, -0.05) is 71.6 Å². The molecule has 1 unspecified atom stereocenters. The summed E-state index contributed by atoms with van der Waals surface area (Å²) in [5, 5.41) is 2.21. The zero-order valence-electron chi connectivity index (χ0n) is 15.0. The molecule has 4 nitrogen and oxygen atoms in total. The standard InChI is InChI=1S/C17H37NO3S/c1-5-7-8-9-10-11-12-13-14-15-17(3,4)18-16(6-2)22(19,20)21/h16,18H,5-15H2,1-4H3,(H,19,20,21). The summed E-state index contributed by atoms with van der Waals surface area (Å²) < 4.78 is 31.7. The minimum Gasteiger partial charge on any atom is -0.294 e. The van der Waals surface area contributed by atoms with Crippen LogP contribution in [0.5, 0.6) is 0 Å². The highest BCUT2D eigenvalue weighted by Gasteiger charge is 2.28. The van der Waals surface area contributed by atoms with Crippen LogP contribution in [-0.2, 0) is 10.1 Å². The van der Waals surface area contributed by atoms with Crippen LogP contribution < -0.4 is 5.32 Å². The Balaban J connectivity index is 3.80. The third-order valence-corrected chi connectivity index (χ3v) is 5.36. The van der Waals surface area contributed by atoms with E-state index in [4.69, 9.17) is 0 Å². The van der Waals surface area contributed by atoms with Crippen molar-refractivity contribution in [2.75, 3.05) is 0 Å². The van der Waals surface area contributed by atoms with Gasteiger partial charge >= 0.3 is 0 Å². The molecule has 22 heavy (non-hydrogen) atoms. The van der Waals surface area contributed by atoms with E-state index < -0.39 is 15.5 Å². The second-order valence-corrected chi connectivity index (χ2v) is 8.62. The van der Waals surface area contributed by atoms with E-state index in [0.717, 1.165) is 12.8 Å². The summed E-state index contributed by atoms with van der Waals surface area (Å²) in [6.07, 6.45) is 12.9. The first-order valence-electron chi connectivity index (χ1n) is 8.97. The first kappa shape index (κ1) is 21.9. The van der Waals surface area contributed by atoms with Crippen molar-refractivity contribution in [2.45, 2.75) is 109 Å². The molecule has 0 aliphatic rings. The molecule has 0 aliphatic carbocycles. The molecule has 0 rings (SSSR count). The zero-order chi connectivity index (χ0) is 17.1. The van der Waals surface area contributed by atoms with Crippen LogP contribution in [0.15, 0.2) is 0 Å². The summed E-state index contributed by atoms with van der Waals surface area (Å²) in [6, 6.07) is 0. The Morgan fingerprint density at radius 2 is 1.36 bits per heavy atom. The van der Waals surface area contributed by atoms with E-state index in [1.165, 1.54) is 51.4 Å². The van der Waals surface area contributed by atoms with Crippen LogP contribution in [0.3, 0.4) is 0 Å².